The largest absolute Gasteiger partial charge is 0.497 e. The maximum Gasteiger partial charge on any atom is 0.165 e. The van der Waals surface area contributed by atoms with Crippen LogP contribution in [0.15, 0.2) is 84.9 Å². The van der Waals surface area contributed by atoms with E-state index in [0.29, 0.717) is 17.1 Å². The van der Waals surface area contributed by atoms with Crippen LogP contribution in [0.1, 0.15) is 35.3 Å². The molecule has 4 aromatic rings. The number of methoxy groups -OCH3 is 1. The second-order valence-electron chi connectivity index (χ2n) is 8.88. The van der Waals surface area contributed by atoms with Gasteiger partial charge < -0.3 is 14.2 Å². The standard InChI is InChI=1S/C31H30O4/c1-20(2)31(32)23-7-6-8-26(17-23)35-28-12-10-22(4)30(19-28)29-18-27(11-9-21(29)3)34-25-15-13-24(33-5)14-16-25/h6-20H,1-5H3. The van der Waals surface area contributed by atoms with Crippen LogP contribution in [-0.2, 0) is 0 Å². The van der Waals surface area contributed by atoms with Crippen molar-refractivity contribution in [3.8, 4) is 39.9 Å². The molecule has 4 nitrogen and oxygen atoms in total. The topological polar surface area (TPSA) is 44.8 Å². The van der Waals surface area contributed by atoms with Gasteiger partial charge in [0.2, 0.25) is 0 Å². The number of ketones is 1. The molecule has 4 heteroatoms. The van der Waals surface area contributed by atoms with Gasteiger partial charge in [0.25, 0.3) is 0 Å². The molecule has 0 radical (unpaired) electrons. The number of Topliss-reactive ketones (excluding diaryl/α,β-unsaturated/α-hetero) is 1. The lowest BCUT2D eigenvalue weighted by atomic mass is 9.96. The minimum Gasteiger partial charge on any atom is -0.497 e. The maximum absolute atomic E-state index is 12.4. The number of rotatable bonds is 8. The summed E-state index contributed by atoms with van der Waals surface area (Å²) in [5.74, 6) is 3.66. The lowest BCUT2D eigenvalue weighted by Gasteiger charge is -2.15. The molecule has 0 fully saturated rings. The molecule has 0 spiro atoms. The monoisotopic (exact) mass is 466 g/mol. The first-order valence-corrected chi connectivity index (χ1v) is 11.7. The van der Waals surface area contributed by atoms with Crippen molar-refractivity contribution >= 4 is 5.78 Å². The summed E-state index contributed by atoms with van der Waals surface area (Å²) in [5, 5.41) is 0. The Morgan fingerprint density at radius 3 is 1.66 bits per heavy atom. The Hall–Kier alpha value is -4.05. The Balaban J connectivity index is 1.61. The fourth-order valence-electron chi connectivity index (χ4n) is 3.87. The van der Waals surface area contributed by atoms with Crippen LogP contribution in [0.3, 0.4) is 0 Å². The van der Waals surface area contributed by atoms with Crippen molar-refractivity contribution in [3.63, 3.8) is 0 Å². The van der Waals surface area contributed by atoms with Crippen LogP contribution < -0.4 is 14.2 Å². The summed E-state index contributed by atoms with van der Waals surface area (Å²) in [6.07, 6.45) is 0. The summed E-state index contributed by atoms with van der Waals surface area (Å²) in [4.78, 5) is 12.4. The third kappa shape index (κ3) is 5.72. The van der Waals surface area contributed by atoms with E-state index in [4.69, 9.17) is 14.2 Å². The van der Waals surface area contributed by atoms with E-state index in [2.05, 4.69) is 19.9 Å². The summed E-state index contributed by atoms with van der Waals surface area (Å²) >= 11 is 0. The molecule has 0 N–H and O–H groups in total. The molecule has 0 aliphatic heterocycles. The third-order valence-corrected chi connectivity index (χ3v) is 5.88. The van der Waals surface area contributed by atoms with Crippen LogP contribution in [0.25, 0.3) is 11.1 Å². The lowest BCUT2D eigenvalue weighted by molar-refractivity contribution is 0.0939. The molecule has 0 saturated heterocycles. The van der Waals surface area contributed by atoms with E-state index in [0.717, 1.165) is 39.5 Å². The highest BCUT2D eigenvalue weighted by Crippen LogP contribution is 2.35. The Morgan fingerprint density at radius 2 is 1.11 bits per heavy atom. The number of hydrogen-bond acceptors (Lipinski definition) is 4. The fraction of sp³-hybridized carbons (Fsp3) is 0.194. The number of carbonyl (C=O) groups is 1. The van der Waals surface area contributed by atoms with Gasteiger partial charge in [-0.05, 0) is 96.8 Å². The van der Waals surface area contributed by atoms with Gasteiger partial charge in [0.15, 0.2) is 5.78 Å². The first-order chi connectivity index (χ1) is 16.8. The molecule has 4 aromatic carbocycles. The highest BCUT2D eigenvalue weighted by Gasteiger charge is 2.13. The number of ether oxygens (including phenoxy) is 3. The second kappa shape index (κ2) is 10.5. The van der Waals surface area contributed by atoms with E-state index in [1.54, 1.807) is 13.2 Å². The van der Waals surface area contributed by atoms with Crippen molar-refractivity contribution in [1.29, 1.82) is 0 Å². The molecule has 0 atom stereocenters. The highest BCUT2D eigenvalue weighted by molar-refractivity contribution is 5.97. The molecular weight excluding hydrogens is 436 g/mol. The molecule has 0 amide bonds. The van der Waals surface area contributed by atoms with Gasteiger partial charge in [0, 0.05) is 11.5 Å². The van der Waals surface area contributed by atoms with Crippen molar-refractivity contribution in [2.24, 2.45) is 5.92 Å². The van der Waals surface area contributed by atoms with Gasteiger partial charge in [-0.25, -0.2) is 0 Å². The van der Waals surface area contributed by atoms with Crippen molar-refractivity contribution < 1.29 is 19.0 Å². The van der Waals surface area contributed by atoms with E-state index in [9.17, 15) is 4.79 Å². The number of benzene rings is 4. The SMILES string of the molecule is COc1ccc(Oc2ccc(C)c(-c3cc(Oc4cccc(C(=O)C(C)C)c4)ccc3C)c2)cc1. The molecule has 0 saturated carbocycles. The average molecular weight is 467 g/mol. The van der Waals surface area contributed by atoms with Gasteiger partial charge in [-0.1, -0.05) is 38.1 Å². The van der Waals surface area contributed by atoms with Crippen molar-refractivity contribution in [3.05, 3.63) is 102 Å². The summed E-state index contributed by atoms with van der Waals surface area (Å²) in [6, 6.07) is 27.0. The molecule has 178 valence electrons. The van der Waals surface area contributed by atoms with Gasteiger partial charge in [-0.3, -0.25) is 4.79 Å². The van der Waals surface area contributed by atoms with E-state index in [1.807, 2.05) is 86.6 Å². The minimum absolute atomic E-state index is 0.0633. The number of hydrogen-bond donors (Lipinski definition) is 0. The number of aryl methyl sites for hydroxylation is 2. The molecule has 0 aliphatic carbocycles. The highest BCUT2D eigenvalue weighted by atomic mass is 16.5. The Labute approximate surface area is 207 Å². The van der Waals surface area contributed by atoms with Crippen LogP contribution in [0.2, 0.25) is 0 Å². The van der Waals surface area contributed by atoms with E-state index < -0.39 is 0 Å². The van der Waals surface area contributed by atoms with Crippen molar-refractivity contribution in [2.75, 3.05) is 7.11 Å². The van der Waals surface area contributed by atoms with Crippen LogP contribution in [0, 0.1) is 19.8 Å². The average Bonchev–Trinajstić information content (AvgIpc) is 2.86. The van der Waals surface area contributed by atoms with Gasteiger partial charge in [-0.2, -0.15) is 0 Å². The number of carbonyl (C=O) groups excluding carboxylic acids is 1. The molecule has 0 heterocycles. The van der Waals surface area contributed by atoms with Crippen LogP contribution in [0.5, 0.6) is 28.7 Å². The van der Waals surface area contributed by atoms with Crippen LogP contribution in [-0.4, -0.2) is 12.9 Å². The zero-order chi connectivity index (χ0) is 24.9. The van der Waals surface area contributed by atoms with Crippen LogP contribution >= 0.6 is 0 Å². The lowest BCUT2D eigenvalue weighted by Crippen LogP contribution is -2.07. The van der Waals surface area contributed by atoms with E-state index >= 15 is 0 Å². The summed E-state index contributed by atoms with van der Waals surface area (Å²) in [6.45, 7) is 7.96. The predicted molar refractivity (Wildman–Crippen MR) is 140 cm³/mol. The molecular formula is C31H30O4. The van der Waals surface area contributed by atoms with E-state index in [-0.39, 0.29) is 11.7 Å². The van der Waals surface area contributed by atoms with Gasteiger partial charge >= 0.3 is 0 Å². The predicted octanol–water partition coefficient (Wildman–Crippen LogP) is 8.40. The van der Waals surface area contributed by atoms with Crippen LogP contribution in [0.4, 0.5) is 0 Å². The Kier molecular flexibility index (Phi) is 7.21. The summed E-state index contributed by atoms with van der Waals surface area (Å²) in [5.41, 5.74) is 5.06. The molecule has 0 bridgehead atoms. The van der Waals surface area contributed by atoms with Crippen molar-refractivity contribution in [1.82, 2.24) is 0 Å². The zero-order valence-corrected chi connectivity index (χ0v) is 20.8. The molecule has 35 heavy (non-hydrogen) atoms. The smallest absolute Gasteiger partial charge is 0.165 e. The van der Waals surface area contributed by atoms with Gasteiger partial charge in [0.1, 0.15) is 28.7 Å². The third-order valence-electron chi connectivity index (χ3n) is 5.88. The summed E-state index contributed by atoms with van der Waals surface area (Å²) < 4.78 is 17.5. The maximum atomic E-state index is 12.4. The van der Waals surface area contributed by atoms with Gasteiger partial charge in [-0.15, -0.1) is 0 Å². The first-order valence-electron chi connectivity index (χ1n) is 11.7. The van der Waals surface area contributed by atoms with E-state index in [1.165, 1.54) is 0 Å². The summed E-state index contributed by atoms with van der Waals surface area (Å²) in [7, 11) is 1.64. The van der Waals surface area contributed by atoms with Crippen molar-refractivity contribution in [2.45, 2.75) is 27.7 Å². The normalized spacial score (nSPS) is 10.8. The molecule has 0 aliphatic rings. The zero-order valence-electron chi connectivity index (χ0n) is 20.8. The Bertz CT molecular complexity index is 1340. The minimum atomic E-state index is -0.0633. The Morgan fingerprint density at radius 1 is 0.629 bits per heavy atom. The molecule has 4 rings (SSSR count). The second-order valence-corrected chi connectivity index (χ2v) is 8.88. The quantitative estimate of drug-likeness (QED) is 0.245. The molecule has 0 unspecified atom stereocenters. The fourth-order valence-corrected chi connectivity index (χ4v) is 3.87. The molecule has 0 aromatic heterocycles. The van der Waals surface area contributed by atoms with Gasteiger partial charge in [0.05, 0.1) is 7.11 Å². The first kappa shape index (κ1) is 24.1.